The van der Waals surface area contributed by atoms with Gasteiger partial charge in [0.1, 0.15) is 0 Å². The number of rotatable bonds is 1. The van der Waals surface area contributed by atoms with E-state index in [1.807, 2.05) is 4.90 Å². The fourth-order valence-electron chi connectivity index (χ4n) is 2.71. The average molecular weight is 288 g/mol. The molecule has 20 heavy (non-hydrogen) atoms. The largest absolute Gasteiger partial charge is 0.399 e. The second-order valence-electron chi connectivity index (χ2n) is 5.03. The van der Waals surface area contributed by atoms with Gasteiger partial charge >= 0.3 is 0 Å². The van der Waals surface area contributed by atoms with Crippen LogP contribution in [0.3, 0.4) is 0 Å². The minimum absolute atomic E-state index is 0.00699. The molecule has 5 heteroatoms. The summed E-state index contributed by atoms with van der Waals surface area (Å²) in [5, 5.41) is -0.105. The standard InChI is InChI=1S/C15H16N2O2S/c16-11-5-3-10(4-6-11)15(19)17-8-1-2-13(18)14-12(17)7-9-20-14/h1-6,12,14H,7-9,16H2. The van der Waals surface area contributed by atoms with Gasteiger partial charge in [0.2, 0.25) is 0 Å². The van der Waals surface area contributed by atoms with Gasteiger partial charge in [-0.05, 0) is 42.5 Å². The number of ketones is 1. The second kappa shape index (κ2) is 5.32. The van der Waals surface area contributed by atoms with E-state index in [4.69, 9.17) is 5.73 Å². The summed E-state index contributed by atoms with van der Waals surface area (Å²) in [4.78, 5) is 26.4. The Balaban J connectivity index is 1.88. The lowest BCUT2D eigenvalue weighted by atomic mass is 10.1. The van der Waals surface area contributed by atoms with Crippen LogP contribution >= 0.6 is 11.8 Å². The smallest absolute Gasteiger partial charge is 0.254 e. The Morgan fingerprint density at radius 1 is 1.30 bits per heavy atom. The predicted octanol–water partition coefficient (Wildman–Crippen LogP) is 1.72. The number of thioether (sulfide) groups is 1. The Morgan fingerprint density at radius 2 is 2.05 bits per heavy atom. The van der Waals surface area contributed by atoms with Crippen molar-refractivity contribution >= 4 is 29.1 Å². The van der Waals surface area contributed by atoms with Crippen molar-refractivity contribution in [3.8, 4) is 0 Å². The van der Waals surface area contributed by atoms with E-state index in [0.29, 0.717) is 17.8 Å². The van der Waals surface area contributed by atoms with E-state index in [1.54, 1.807) is 48.2 Å². The average Bonchev–Trinajstić information content (AvgIpc) is 2.87. The van der Waals surface area contributed by atoms with Gasteiger partial charge in [0.05, 0.1) is 11.3 Å². The van der Waals surface area contributed by atoms with Crippen molar-refractivity contribution in [3.63, 3.8) is 0 Å². The Morgan fingerprint density at radius 3 is 2.80 bits per heavy atom. The molecule has 2 unspecified atom stereocenters. The van der Waals surface area contributed by atoms with Crippen molar-refractivity contribution in [1.82, 2.24) is 4.90 Å². The monoisotopic (exact) mass is 288 g/mol. The molecule has 1 fully saturated rings. The molecule has 2 N–H and O–H groups in total. The van der Waals surface area contributed by atoms with E-state index in [0.717, 1.165) is 12.2 Å². The minimum atomic E-state index is -0.105. The van der Waals surface area contributed by atoms with E-state index in [2.05, 4.69) is 0 Å². The molecular formula is C15H16N2O2S. The van der Waals surface area contributed by atoms with Crippen molar-refractivity contribution < 1.29 is 9.59 Å². The Kier molecular flexibility index (Phi) is 3.53. The first-order valence-electron chi connectivity index (χ1n) is 6.65. The highest BCUT2D eigenvalue weighted by atomic mass is 32.2. The van der Waals surface area contributed by atoms with Crippen LogP contribution in [0.5, 0.6) is 0 Å². The van der Waals surface area contributed by atoms with Crippen LogP contribution in [0, 0.1) is 0 Å². The van der Waals surface area contributed by atoms with Crippen molar-refractivity contribution in [1.29, 1.82) is 0 Å². The fraction of sp³-hybridized carbons (Fsp3) is 0.333. The molecule has 3 rings (SSSR count). The van der Waals surface area contributed by atoms with Gasteiger partial charge in [0.25, 0.3) is 5.91 Å². The zero-order chi connectivity index (χ0) is 14.1. The molecule has 0 aromatic heterocycles. The third-order valence-corrected chi connectivity index (χ3v) is 5.12. The SMILES string of the molecule is Nc1ccc(C(=O)N2CC=CC(=O)C3SCCC32)cc1. The number of nitrogens with two attached hydrogens (primary N) is 1. The predicted molar refractivity (Wildman–Crippen MR) is 80.7 cm³/mol. The minimum Gasteiger partial charge on any atom is -0.399 e. The Bertz CT molecular complexity index is 568. The molecule has 1 aromatic carbocycles. The number of hydrogen-bond donors (Lipinski definition) is 1. The van der Waals surface area contributed by atoms with E-state index in [1.165, 1.54) is 0 Å². The quantitative estimate of drug-likeness (QED) is 0.799. The fourth-order valence-corrected chi connectivity index (χ4v) is 4.09. The molecule has 0 aliphatic carbocycles. The van der Waals surface area contributed by atoms with Crippen molar-refractivity contribution in [2.24, 2.45) is 0 Å². The lowest BCUT2D eigenvalue weighted by Gasteiger charge is -2.29. The lowest BCUT2D eigenvalue weighted by Crippen LogP contribution is -2.44. The maximum absolute atomic E-state index is 12.6. The summed E-state index contributed by atoms with van der Waals surface area (Å²) in [5.41, 5.74) is 6.91. The summed E-state index contributed by atoms with van der Waals surface area (Å²) < 4.78 is 0. The van der Waals surface area contributed by atoms with E-state index < -0.39 is 0 Å². The number of nitrogen functional groups attached to an aromatic ring is 1. The zero-order valence-electron chi connectivity index (χ0n) is 11.0. The number of carbonyl (C=O) groups is 2. The third-order valence-electron chi connectivity index (χ3n) is 3.74. The topological polar surface area (TPSA) is 63.4 Å². The Hall–Kier alpha value is -1.75. The van der Waals surface area contributed by atoms with E-state index in [-0.39, 0.29) is 23.0 Å². The zero-order valence-corrected chi connectivity index (χ0v) is 11.8. The van der Waals surface area contributed by atoms with Gasteiger partial charge in [0, 0.05) is 17.8 Å². The van der Waals surface area contributed by atoms with Gasteiger partial charge < -0.3 is 10.6 Å². The molecule has 4 nitrogen and oxygen atoms in total. The van der Waals surface area contributed by atoms with Crippen molar-refractivity contribution in [2.45, 2.75) is 17.7 Å². The molecule has 2 aliphatic heterocycles. The van der Waals surface area contributed by atoms with Crippen LogP contribution in [0.4, 0.5) is 5.69 Å². The van der Waals surface area contributed by atoms with Crippen LogP contribution < -0.4 is 5.73 Å². The molecule has 104 valence electrons. The van der Waals surface area contributed by atoms with Crippen molar-refractivity contribution in [3.05, 3.63) is 42.0 Å². The van der Waals surface area contributed by atoms with Gasteiger partial charge in [-0.2, -0.15) is 0 Å². The van der Waals surface area contributed by atoms with Crippen LogP contribution in [0.2, 0.25) is 0 Å². The number of nitrogens with zero attached hydrogens (tertiary/aromatic N) is 1. The van der Waals surface area contributed by atoms with E-state index >= 15 is 0 Å². The van der Waals surface area contributed by atoms with Gasteiger partial charge in [-0.1, -0.05) is 6.08 Å². The molecule has 0 radical (unpaired) electrons. The highest BCUT2D eigenvalue weighted by Gasteiger charge is 2.39. The summed E-state index contributed by atoms with van der Waals surface area (Å²) >= 11 is 1.65. The van der Waals surface area contributed by atoms with E-state index in [9.17, 15) is 9.59 Å². The third kappa shape index (κ3) is 2.33. The molecule has 2 atom stereocenters. The molecule has 1 saturated heterocycles. The summed E-state index contributed by atoms with van der Waals surface area (Å²) in [6, 6.07) is 6.95. The van der Waals surface area contributed by atoms with Crippen LogP contribution in [0.1, 0.15) is 16.8 Å². The number of carbonyl (C=O) groups excluding carboxylic acids is 2. The number of allylic oxidation sites excluding steroid dienone is 1. The first-order valence-corrected chi connectivity index (χ1v) is 7.70. The number of amides is 1. The number of fused-ring (bicyclic) bond motifs is 1. The second-order valence-corrected chi connectivity index (χ2v) is 6.28. The molecule has 0 saturated carbocycles. The first-order chi connectivity index (χ1) is 9.66. The normalized spacial score (nSPS) is 25.4. The molecule has 1 aromatic rings. The summed E-state index contributed by atoms with van der Waals surface area (Å²) in [6.45, 7) is 0.497. The maximum atomic E-state index is 12.6. The first kappa shape index (κ1) is 13.2. The molecular weight excluding hydrogens is 272 g/mol. The van der Waals surface area contributed by atoms with Crippen LogP contribution in [0.15, 0.2) is 36.4 Å². The van der Waals surface area contributed by atoms with Crippen LogP contribution in [0.25, 0.3) is 0 Å². The maximum Gasteiger partial charge on any atom is 0.254 e. The molecule has 0 spiro atoms. The molecule has 2 aliphatic rings. The van der Waals surface area contributed by atoms with Gasteiger partial charge in [-0.25, -0.2) is 0 Å². The number of anilines is 1. The number of benzene rings is 1. The molecule has 0 bridgehead atoms. The molecule has 1 amide bonds. The highest BCUT2D eigenvalue weighted by Crippen LogP contribution is 2.33. The van der Waals surface area contributed by atoms with Gasteiger partial charge in [-0.15, -0.1) is 11.8 Å². The van der Waals surface area contributed by atoms with Crippen LogP contribution in [-0.4, -0.2) is 40.2 Å². The number of hydrogen-bond acceptors (Lipinski definition) is 4. The van der Waals surface area contributed by atoms with Crippen molar-refractivity contribution in [2.75, 3.05) is 18.0 Å². The van der Waals surface area contributed by atoms with Gasteiger partial charge in [-0.3, -0.25) is 9.59 Å². The Labute approximate surface area is 122 Å². The van der Waals surface area contributed by atoms with Gasteiger partial charge in [0.15, 0.2) is 5.78 Å². The lowest BCUT2D eigenvalue weighted by molar-refractivity contribution is -0.114. The summed E-state index contributed by atoms with van der Waals surface area (Å²) in [7, 11) is 0. The summed E-state index contributed by atoms with van der Waals surface area (Å²) in [5.74, 6) is 1.03. The highest BCUT2D eigenvalue weighted by molar-refractivity contribution is 8.01. The van der Waals surface area contributed by atoms with Crippen LogP contribution in [-0.2, 0) is 4.79 Å². The summed E-state index contributed by atoms with van der Waals surface area (Å²) in [6.07, 6.45) is 4.28. The molecule has 2 heterocycles.